The molecule has 1 saturated heterocycles. The number of amides is 2. The third kappa shape index (κ3) is 3.38. The summed E-state index contributed by atoms with van der Waals surface area (Å²) >= 11 is 0. The van der Waals surface area contributed by atoms with Crippen molar-refractivity contribution in [2.24, 2.45) is 0 Å². The number of hydrogen-bond donors (Lipinski definition) is 2. The first-order chi connectivity index (χ1) is 11.6. The predicted octanol–water partition coefficient (Wildman–Crippen LogP) is 3.62. The van der Waals surface area contributed by atoms with Gasteiger partial charge in [-0.2, -0.15) is 0 Å². The van der Waals surface area contributed by atoms with E-state index >= 15 is 0 Å². The molecule has 1 atom stereocenters. The molecule has 0 radical (unpaired) electrons. The van der Waals surface area contributed by atoms with Crippen molar-refractivity contribution in [1.82, 2.24) is 4.90 Å². The molecule has 0 unspecified atom stereocenters. The molecule has 0 aromatic heterocycles. The number of hydrogen-bond acceptors (Lipinski definition) is 2. The molecule has 0 spiro atoms. The zero-order valence-corrected chi connectivity index (χ0v) is 13.0. The molecule has 0 saturated carbocycles. The molecule has 1 aliphatic rings. The van der Waals surface area contributed by atoms with E-state index < -0.39 is 5.82 Å². The van der Waals surface area contributed by atoms with Gasteiger partial charge in [-0.25, -0.2) is 13.6 Å². The fourth-order valence-corrected chi connectivity index (χ4v) is 2.97. The summed E-state index contributed by atoms with van der Waals surface area (Å²) in [6.45, 7) is 0.492. The quantitative estimate of drug-likeness (QED) is 0.902. The number of benzene rings is 2. The lowest BCUT2D eigenvalue weighted by atomic mass is 10.0. The normalized spacial score (nSPS) is 17.1. The third-order valence-corrected chi connectivity index (χ3v) is 4.23. The summed E-state index contributed by atoms with van der Waals surface area (Å²) in [6.07, 6.45) is 1.60. The molecule has 126 valence electrons. The van der Waals surface area contributed by atoms with E-state index in [0.29, 0.717) is 23.4 Å². The number of halogens is 2. The minimum atomic E-state index is -0.443. The second-order valence-electron chi connectivity index (χ2n) is 5.80. The SMILES string of the molecule is O=C(Nc1ccc(F)cc1-c1ccc(F)cc1)N1CCC[C@H]1CO. The first-order valence-corrected chi connectivity index (χ1v) is 7.82. The van der Waals surface area contributed by atoms with Crippen molar-refractivity contribution in [2.75, 3.05) is 18.5 Å². The van der Waals surface area contributed by atoms with Gasteiger partial charge in [-0.3, -0.25) is 0 Å². The average Bonchev–Trinajstić information content (AvgIpc) is 3.06. The van der Waals surface area contributed by atoms with Crippen molar-refractivity contribution in [1.29, 1.82) is 0 Å². The zero-order valence-electron chi connectivity index (χ0n) is 13.0. The summed E-state index contributed by atoms with van der Waals surface area (Å²) in [4.78, 5) is 14.0. The Balaban J connectivity index is 1.88. The molecule has 1 fully saturated rings. The summed E-state index contributed by atoms with van der Waals surface area (Å²) in [5, 5.41) is 12.1. The van der Waals surface area contributed by atoms with Crippen LogP contribution in [0, 0.1) is 11.6 Å². The molecule has 2 N–H and O–H groups in total. The van der Waals surface area contributed by atoms with Gasteiger partial charge >= 0.3 is 6.03 Å². The number of rotatable bonds is 3. The van der Waals surface area contributed by atoms with E-state index in [1.807, 2.05) is 0 Å². The fraction of sp³-hybridized carbons (Fsp3) is 0.278. The van der Waals surface area contributed by atoms with Gasteiger partial charge in [0.1, 0.15) is 11.6 Å². The lowest BCUT2D eigenvalue weighted by Gasteiger charge is -2.24. The lowest BCUT2D eigenvalue weighted by Crippen LogP contribution is -2.40. The molecule has 6 heteroatoms. The number of nitrogens with zero attached hydrogens (tertiary/aromatic N) is 1. The van der Waals surface area contributed by atoms with Crippen LogP contribution in [0.25, 0.3) is 11.1 Å². The van der Waals surface area contributed by atoms with Crippen molar-refractivity contribution in [3.05, 3.63) is 54.1 Å². The Morgan fingerprint density at radius 2 is 1.88 bits per heavy atom. The smallest absolute Gasteiger partial charge is 0.322 e. The van der Waals surface area contributed by atoms with E-state index in [1.54, 1.807) is 4.90 Å². The highest BCUT2D eigenvalue weighted by Gasteiger charge is 2.28. The van der Waals surface area contributed by atoms with Gasteiger partial charge in [-0.05, 0) is 48.7 Å². The summed E-state index contributed by atoms with van der Waals surface area (Å²) < 4.78 is 26.7. The minimum Gasteiger partial charge on any atom is -0.394 e. The first-order valence-electron chi connectivity index (χ1n) is 7.82. The second-order valence-corrected chi connectivity index (χ2v) is 5.80. The molecule has 2 amide bonds. The fourth-order valence-electron chi connectivity index (χ4n) is 2.97. The lowest BCUT2D eigenvalue weighted by molar-refractivity contribution is 0.166. The second kappa shape index (κ2) is 6.97. The Labute approximate surface area is 138 Å². The largest absolute Gasteiger partial charge is 0.394 e. The predicted molar refractivity (Wildman–Crippen MR) is 87.6 cm³/mol. The Morgan fingerprint density at radius 1 is 1.17 bits per heavy atom. The van der Waals surface area contributed by atoms with Crippen molar-refractivity contribution in [3.63, 3.8) is 0 Å². The Hall–Kier alpha value is -2.47. The van der Waals surface area contributed by atoms with Crippen molar-refractivity contribution in [3.8, 4) is 11.1 Å². The summed E-state index contributed by atoms with van der Waals surface area (Å²) in [5.41, 5.74) is 1.52. The summed E-state index contributed by atoms with van der Waals surface area (Å²) in [7, 11) is 0. The van der Waals surface area contributed by atoms with Gasteiger partial charge in [0, 0.05) is 12.1 Å². The maximum Gasteiger partial charge on any atom is 0.322 e. The number of aliphatic hydroxyl groups excluding tert-OH is 1. The summed E-state index contributed by atoms with van der Waals surface area (Å²) in [6, 6.07) is 9.16. The molecule has 24 heavy (non-hydrogen) atoms. The molecule has 1 aliphatic heterocycles. The summed E-state index contributed by atoms with van der Waals surface area (Å²) in [5.74, 6) is -0.828. The van der Waals surface area contributed by atoms with Crippen LogP contribution in [0.3, 0.4) is 0 Å². The van der Waals surface area contributed by atoms with Crippen LogP contribution < -0.4 is 5.32 Å². The van der Waals surface area contributed by atoms with E-state index in [4.69, 9.17) is 0 Å². The van der Waals surface area contributed by atoms with Crippen LogP contribution >= 0.6 is 0 Å². The van der Waals surface area contributed by atoms with Gasteiger partial charge in [0.2, 0.25) is 0 Å². The molecule has 0 bridgehead atoms. The van der Waals surface area contributed by atoms with Gasteiger partial charge in [0.25, 0.3) is 0 Å². The molecular formula is C18H18F2N2O2. The van der Waals surface area contributed by atoms with Crippen LogP contribution in [0.2, 0.25) is 0 Å². The van der Waals surface area contributed by atoms with Crippen LogP contribution in [0.5, 0.6) is 0 Å². The number of anilines is 1. The molecule has 3 rings (SSSR count). The minimum absolute atomic E-state index is 0.0817. The van der Waals surface area contributed by atoms with E-state index in [9.17, 15) is 18.7 Å². The maximum absolute atomic E-state index is 13.6. The Morgan fingerprint density at radius 3 is 2.58 bits per heavy atom. The van der Waals surface area contributed by atoms with Gasteiger partial charge in [-0.1, -0.05) is 12.1 Å². The van der Waals surface area contributed by atoms with Crippen LogP contribution in [-0.2, 0) is 0 Å². The molecule has 2 aromatic carbocycles. The van der Waals surface area contributed by atoms with E-state index in [0.717, 1.165) is 12.8 Å². The number of urea groups is 1. The van der Waals surface area contributed by atoms with Crippen LogP contribution in [-0.4, -0.2) is 35.2 Å². The molecule has 0 aliphatic carbocycles. The number of likely N-dealkylation sites (tertiary alicyclic amines) is 1. The topological polar surface area (TPSA) is 52.6 Å². The number of carbonyl (C=O) groups excluding carboxylic acids is 1. The standard InChI is InChI=1S/C18H18F2N2O2/c19-13-5-3-12(4-6-13)16-10-14(20)7-8-17(16)21-18(24)22-9-1-2-15(22)11-23/h3-8,10,15,23H,1-2,9,11H2,(H,21,24)/t15-/m0/s1. The van der Waals surface area contributed by atoms with E-state index in [2.05, 4.69) is 5.32 Å². The number of aliphatic hydroxyl groups is 1. The van der Waals surface area contributed by atoms with E-state index in [1.165, 1.54) is 42.5 Å². The maximum atomic E-state index is 13.6. The Kier molecular flexibility index (Phi) is 4.76. The highest BCUT2D eigenvalue weighted by Crippen LogP contribution is 2.30. The number of nitrogens with one attached hydrogen (secondary N) is 1. The van der Waals surface area contributed by atoms with Gasteiger partial charge in [-0.15, -0.1) is 0 Å². The van der Waals surface area contributed by atoms with Crippen LogP contribution in [0.1, 0.15) is 12.8 Å². The number of carbonyl (C=O) groups is 1. The first kappa shape index (κ1) is 16.4. The van der Waals surface area contributed by atoms with Crippen molar-refractivity contribution >= 4 is 11.7 Å². The monoisotopic (exact) mass is 332 g/mol. The average molecular weight is 332 g/mol. The van der Waals surface area contributed by atoms with Gasteiger partial charge in [0.15, 0.2) is 0 Å². The highest BCUT2D eigenvalue weighted by molar-refractivity contribution is 5.94. The van der Waals surface area contributed by atoms with E-state index in [-0.39, 0.29) is 24.5 Å². The highest BCUT2D eigenvalue weighted by atomic mass is 19.1. The molecule has 2 aromatic rings. The van der Waals surface area contributed by atoms with Crippen molar-refractivity contribution in [2.45, 2.75) is 18.9 Å². The zero-order chi connectivity index (χ0) is 17.1. The van der Waals surface area contributed by atoms with Gasteiger partial charge < -0.3 is 15.3 Å². The van der Waals surface area contributed by atoms with Crippen LogP contribution in [0.4, 0.5) is 19.3 Å². The van der Waals surface area contributed by atoms with Gasteiger partial charge in [0.05, 0.1) is 18.3 Å². The van der Waals surface area contributed by atoms with Crippen molar-refractivity contribution < 1.29 is 18.7 Å². The van der Waals surface area contributed by atoms with Crippen LogP contribution in [0.15, 0.2) is 42.5 Å². The molecular weight excluding hydrogens is 314 g/mol. The molecule has 1 heterocycles. The Bertz CT molecular complexity index is 734. The third-order valence-electron chi connectivity index (χ3n) is 4.23. The molecule has 4 nitrogen and oxygen atoms in total.